The largest absolute Gasteiger partial charge is 0.467 e. The second-order valence-electron chi connectivity index (χ2n) is 5.98. The van der Waals surface area contributed by atoms with Crippen molar-refractivity contribution >= 4 is 27.6 Å². The molecule has 0 radical (unpaired) electrons. The maximum atomic E-state index is 13.6. The highest BCUT2D eigenvalue weighted by atomic mass is 79.9. The molecule has 1 fully saturated rings. The summed E-state index contributed by atoms with van der Waals surface area (Å²) >= 11 is 3.44. The quantitative estimate of drug-likeness (QED) is 0.803. The van der Waals surface area contributed by atoms with Crippen LogP contribution in [-0.4, -0.2) is 11.8 Å². The SMILES string of the molecule is C[C@@]12C[C@@H](NC(=O)N1c1cccc(F)c1)c1cc(Br)ccc1O2. The van der Waals surface area contributed by atoms with Gasteiger partial charge in [-0.2, -0.15) is 0 Å². The van der Waals surface area contributed by atoms with E-state index in [0.717, 1.165) is 15.8 Å². The van der Waals surface area contributed by atoms with Gasteiger partial charge in [-0.05, 0) is 43.3 Å². The van der Waals surface area contributed by atoms with E-state index in [9.17, 15) is 9.18 Å². The van der Waals surface area contributed by atoms with Crippen molar-refractivity contribution < 1.29 is 13.9 Å². The molecule has 0 aliphatic carbocycles. The molecule has 2 atom stereocenters. The molecule has 2 bridgehead atoms. The fraction of sp³-hybridized carbons (Fsp3) is 0.235. The molecule has 0 unspecified atom stereocenters. The zero-order valence-electron chi connectivity index (χ0n) is 12.3. The zero-order valence-corrected chi connectivity index (χ0v) is 13.9. The van der Waals surface area contributed by atoms with Gasteiger partial charge in [0.1, 0.15) is 11.6 Å². The minimum absolute atomic E-state index is 0.126. The van der Waals surface area contributed by atoms with Crippen LogP contribution >= 0.6 is 15.9 Å². The number of nitrogens with one attached hydrogen (secondary N) is 1. The summed E-state index contributed by atoms with van der Waals surface area (Å²) in [4.78, 5) is 14.1. The van der Waals surface area contributed by atoms with E-state index in [1.165, 1.54) is 17.0 Å². The van der Waals surface area contributed by atoms with Gasteiger partial charge in [0.2, 0.25) is 0 Å². The predicted octanol–water partition coefficient (Wildman–Crippen LogP) is 4.36. The summed E-state index contributed by atoms with van der Waals surface area (Å²) in [6, 6.07) is 11.3. The van der Waals surface area contributed by atoms with Crippen molar-refractivity contribution in [2.45, 2.75) is 25.1 Å². The molecule has 4 nitrogen and oxygen atoms in total. The Hall–Kier alpha value is -2.08. The monoisotopic (exact) mass is 376 g/mol. The van der Waals surface area contributed by atoms with Gasteiger partial charge >= 0.3 is 6.03 Å². The van der Waals surface area contributed by atoms with Gasteiger partial charge in [-0.25, -0.2) is 9.18 Å². The second kappa shape index (κ2) is 4.96. The first-order valence-electron chi connectivity index (χ1n) is 7.31. The number of fused-ring (bicyclic) bond motifs is 4. The molecule has 2 aliphatic heterocycles. The number of anilines is 1. The normalized spacial score (nSPS) is 25.4. The van der Waals surface area contributed by atoms with Gasteiger partial charge in [-0.3, -0.25) is 4.90 Å². The molecule has 0 spiro atoms. The van der Waals surface area contributed by atoms with Gasteiger partial charge in [0.25, 0.3) is 0 Å². The maximum Gasteiger partial charge on any atom is 0.325 e. The summed E-state index contributed by atoms with van der Waals surface area (Å²) in [5, 5.41) is 2.99. The molecule has 2 aliphatic rings. The van der Waals surface area contributed by atoms with Gasteiger partial charge < -0.3 is 10.1 Å². The number of hydrogen-bond acceptors (Lipinski definition) is 2. The van der Waals surface area contributed by atoms with Crippen molar-refractivity contribution in [2.24, 2.45) is 0 Å². The second-order valence-corrected chi connectivity index (χ2v) is 6.90. The van der Waals surface area contributed by atoms with Crippen LogP contribution in [-0.2, 0) is 0 Å². The van der Waals surface area contributed by atoms with E-state index in [2.05, 4.69) is 21.2 Å². The predicted molar refractivity (Wildman–Crippen MR) is 87.9 cm³/mol. The van der Waals surface area contributed by atoms with Crippen LogP contribution in [0.4, 0.5) is 14.9 Å². The number of benzene rings is 2. The van der Waals surface area contributed by atoms with Crippen LogP contribution in [0.1, 0.15) is 24.9 Å². The van der Waals surface area contributed by atoms with Crippen molar-refractivity contribution in [2.75, 3.05) is 4.90 Å². The molecule has 1 N–H and O–H groups in total. The Morgan fingerprint density at radius 3 is 2.96 bits per heavy atom. The molecule has 0 saturated carbocycles. The topological polar surface area (TPSA) is 41.6 Å². The Kier molecular flexibility index (Phi) is 3.13. The highest BCUT2D eigenvalue weighted by molar-refractivity contribution is 9.10. The number of amides is 2. The van der Waals surface area contributed by atoms with Gasteiger partial charge in [-0.15, -0.1) is 0 Å². The summed E-state index contributed by atoms with van der Waals surface area (Å²) in [5.74, 6) is 0.342. The van der Waals surface area contributed by atoms with Gasteiger partial charge in [0, 0.05) is 16.5 Å². The maximum absolute atomic E-state index is 13.6. The standard InChI is InChI=1S/C17H14BrFN2O2/c1-17-9-14(13-7-10(18)5-6-15(13)23-17)20-16(22)21(17)12-4-2-3-11(19)8-12/h2-8,14H,9H2,1H3,(H,20,22)/t14-,17-/m1/s1. The number of rotatable bonds is 1. The van der Waals surface area contributed by atoms with Crippen LogP contribution in [0.5, 0.6) is 5.75 Å². The highest BCUT2D eigenvalue weighted by Gasteiger charge is 2.49. The van der Waals surface area contributed by atoms with Crippen molar-refractivity contribution in [1.29, 1.82) is 0 Å². The van der Waals surface area contributed by atoms with E-state index in [1.54, 1.807) is 12.1 Å². The molecule has 2 aromatic carbocycles. The van der Waals surface area contributed by atoms with Gasteiger partial charge in [0.15, 0.2) is 5.72 Å². The molecule has 23 heavy (non-hydrogen) atoms. The number of nitrogens with zero attached hydrogens (tertiary/aromatic N) is 1. The van der Waals surface area contributed by atoms with Crippen LogP contribution in [0, 0.1) is 5.82 Å². The van der Waals surface area contributed by atoms with Crippen LogP contribution in [0.15, 0.2) is 46.9 Å². The molecule has 4 rings (SSSR count). The summed E-state index contributed by atoms with van der Waals surface area (Å²) < 4.78 is 20.7. The number of carbonyl (C=O) groups is 1. The van der Waals surface area contributed by atoms with Gasteiger partial charge in [-0.1, -0.05) is 22.0 Å². The Morgan fingerprint density at radius 1 is 1.35 bits per heavy atom. The molecule has 2 heterocycles. The van der Waals surface area contributed by atoms with E-state index in [4.69, 9.17) is 4.74 Å². The van der Waals surface area contributed by atoms with E-state index >= 15 is 0 Å². The lowest BCUT2D eigenvalue weighted by Gasteiger charge is -2.50. The van der Waals surface area contributed by atoms with Crippen molar-refractivity contribution in [1.82, 2.24) is 5.32 Å². The molecule has 6 heteroatoms. The lowest BCUT2D eigenvalue weighted by atomic mass is 9.90. The molecule has 2 amide bonds. The van der Waals surface area contributed by atoms with E-state index < -0.39 is 5.72 Å². The number of urea groups is 1. The summed E-state index contributed by atoms with van der Waals surface area (Å²) in [6.07, 6.45) is 0.582. The van der Waals surface area contributed by atoms with Crippen LogP contribution in [0.3, 0.4) is 0 Å². The Bertz CT molecular complexity index is 813. The van der Waals surface area contributed by atoms with Crippen LogP contribution in [0.25, 0.3) is 0 Å². The average molecular weight is 377 g/mol. The van der Waals surface area contributed by atoms with Crippen LogP contribution < -0.4 is 15.0 Å². The third kappa shape index (κ3) is 2.28. The van der Waals surface area contributed by atoms with Crippen molar-refractivity contribution in [3.63, 3.8) is 0 Å². The first-order chi connectivity index (χ1) is 11.0. The van der Waals surface area contributed by atoms with E-state index in [0.29, 0.717) is 12.1 Å². The van der Waals surface area contributed by atoms with Crippen molar-refractivity contribution in [3.8, 4) is 5.75 Å². The summed E-state index contributed by atoms with van der Waals surface area (Å²) in [6.45, 7) is 1.86. The molecular weight excluding hydrogens is 363 g/mol. The third-order valence-corrected chi connectivity index (χ3v) is 4.79. The Balaban J connectivity index is 1.81. The summed E-state index contributed by atoms with van der Waals surface area (Å²) in [5.41, 5.74) is 0.565. The van der Waals surface area contributed by atoms with Crippen LogP contribution in [0.2, 0.25) is 0 Å². The Labute approximate surface area is 141 Å². The minimum atomic E-state index is -0.860. The molecule has 0 aromatic heterocycles. The summed E-state index contributed by atoms with van der Waals surface area (Å²) in [7, 11) is 0. The fourth-order valence-corrected chi connectivity index (χ4v) is 3.73. The molecule has 118 valence electrons. The molecular formula is C17H14BrFN2O2. The third-order valence-electron chi connectivity index (χ3n) is 4.30. The number of carbonyl (C=O) groups excluding carboxylic acids is 1. The van der Waals surface area contributed by atoms with Gasteiger partial charge in [0.05, 0.1) is 11.7 Å². The Morgan fingerprint density at radius 2 is 2.17 bits per heavy atom. The number of hydrogen-bond donors (Lipinski definition) is 1. The first kappa shape index (κ1) is 14.5. The number of ether oxygens (including phenoxy) is 1. The van der Waals surface area contributed by atoms with E-state index in [1.807, 2.05) is 25.1 Å². The number of halogens is 2. The molecule has 2 aromatic rings. The lowest BCUT2D eigenvalue weighted by Crippen LogP contribution is -2.65. The zero-order chi connectivity index (χ0) is 16.2. The lowest BCUT2D eigenvalue weighted by molar-refractivity contribution is 0.0378. The molecule has 1 saturated heterocycles. The average Bonchev–Trinajstić information content (AvgIpc) is 2.47. The minimum Gasteiger partial charge on any atom is -0.467 e. The highest BCUT2D eigenvalue weighted by Crippen LogP contribution is 2.46. The van der Waals surface area contributed by atoms with E-state index in [-0.39, 0.29) is 17.9 Å². The fourth-order valence-electron chi connectivity index (χ4n) is 3.35. The smallest absolute Gasteiger partial charge is 0.325 e. The first-order valence-corrected chi connectivity index (χ1v) is 8.10. The van der Waals surface area contributed by atoms with Crippen molar-refractivity contribution in [3.05, 3.63) is 58.3 Å².